The van der Waals surface area contributed by atoms with E-state index in [2.05, 4.69) is 15.3 Å². The molecule has 0 amide bonds. The molecule has 128 valence electrons. The molecular formula is C17H16N4O2S2. The highest BCUT2D eigenvalue weighted by molar-refractivity contribution is 7.99. The zero-order chi connectivity index (χ0) is 17.6. The van der Waals surface area contributed by atoms with E-state index in [1.54, 1.807) is 11.3 Å². The smallest absolute Gasteiger partial charge is 0.343 e. The number of rotatable bonds is 7. The lowest BCUT2D eigenvalue weighted by Gasteiger charge is -2.08. The standard InChI is InChI=1S/C17H16N4O2S2/c1-12-4-6-14(7-5-12)25-17-15(21(22)23)16(19-11-20-17)18-9-8-13-3-2-10-24-13/h2-7,10-11H,8-9H2,1H3,(H,18,19,20). The van der Waals surface area contributed by atoms with Crippen molar-refractivity contribution in [1.82, 2.24) is 9.97 Å². The Labute approximate surface area is 153 Å². The first-order valence-corrected chi connectivity index (χ1v) is 9.33. The first-order valence-electron chi connectivity index (χ1n) is 7.63. The van der Waals surface area contributed by atoms with Crippen molar-refractivity contribution in [2.24, 2.45) is 0 Å². The molecule has 0 radical (unpaired) electrons. The Kier molecular flexibility index (Phi) is 5.62. The van der Waals surface area contributed by atoms with Crippen molar-refractivity contribution in [3.05, 3.63) is 68.7 Å². The predicted molar refractivity (Wildman–Crippen MR) is 101 cm³/mol. The molecule has 0 aliphatic carbocycles. The molecular weight excluding hydrogens is 356 g/mol. The van der Waals surface area contributed by atoms with Crippen molar-refractivity contribution in [3.63, 3.8) is 0 Å². The normalized spacial score (nSPS) is 10.6. The summed E-state index contributed by atoms with van der Waals surface area (Å²) in [6, 6.07) is 11.8. The topological polar surface area (TPSA) is 81.0 Å². The minimum absolute atomic E-state index is 0.0840. The summed E-state index contributed by atoms with van der Waals surface area (Å²) in [5.41, 5.74) is 1.05. The van der Waals surface area contributed by atoms with Gasteiger partial charge in [-0.25, -0.2) is 9.97 Å². The van der Waals surface area contributed by atoms with E-state index in [-0.39, 0.29) is 11.5 Å². The summed E-state index contributed by atoms with van der Waals surface area (Å²) in [7, 11) is 0. The molecule has 0 saturated heterocycles. The van der Waals surface area contributed by atoms with Crippen LogP contribution < -0.4 is 5.32 Å². The zero-order valence-corrected chi connectivity index (χ0v) is 15.1. The number of nitrogens with one attached hydrogen (secondary N) is 1. The highest BCUT2D eigenvalue weighted by Crippen LogP contribution is 2.36. The van der Waals surface area contributed by atoms with Gasteiger partial charge < -0.3 is 5.32 Å². The maximum atomic E-state index is 11.6. The number of hydrogen-bond acceptors (Lipinski definition) is 7. The molecule has 1 aromatic carbocycles. The van der Waals surface area contributed by atoms with E-state index in [9.17, 15) is 10.1 Å². The van der Waals surface area contributed by atoms with Crippen LogP contribution >= 0.6 is 23.1 Å². The minimum atomic E-state index is -0.427. The number of hydrogen-bond donors (Lipinski definition) is 1. The zero-order valence-electron chi connectivity index (χ0n) is 13.5. The van der Waals surface area contributed by atoms with Crippen molar-refractivity contribution >= 4 is 34.6 Å². The van der Waals surface area contributed by atoms with Crippen LogP contribution in [0.1, 0.15) is 10.4 Å². The van der Waals surface area contributed by atoms with E-state index in [1.807, 2.05) is 48.7 Å². The van der Waals surface area contributed by atoms with Gasteiger partial charge in [0.15, 0.2) is 5.03 Å². The average molecular weight is 372 g/mol. The second-order valence-corrected chi connectivity index (χ2v) is 7.40. The Morgan fingerprint density at radius 1 is 1.24 bits per heavy atom. The maximum absolute atomic E-state index is 11.6. The second kappa shape index (κ2) is 8.09. The summed E-state index contributed by atoms with van der Waals surface area (Å²) in [5.74, 6) is 0.256. The van der Waals surface area contributed by atoms with Crippen LogP contribution in [-0.2, 0) is 6.42 Å². The van der Waals surface area contributed by atoms with E-state index in [4.69, 9.17) is 0 Å². The first kappa shape index (κ1) is 17.4. The van der Waals surface area contributed by atoms with Gasteiger partial charge >= 0.3 is 5.69 Å². The van der Waals surface area contributed by atoms with E-state index in [0.29, 0.717) is 11.6 Å². The van der Waals surface area contributed by atoms with Crippen LogP contribution in [0.4, 0.5) is 11.5 Å². The lowest BCUT2D eigenvalue weighted by molar-refractivity contribution is -0.387. The molecule has 2 aromatic heterocycles. The number of nitrogens with zero attached hydrogens (tertiary/aromatic N) is 3. The van der Waals surface area contributed by atoms with Gasteiger partial charge in [-0.2, -0.15) is 0 Å². The largest absolute Gasteiger partial charge is 0.364 e. The number of thiophene rings is 1. The Hall–Kier alpha value is -2.45. The summed E-state index contributed by atoms with van der Waals surface area (Å²) in [6.45, 7) is 2.57. The number of anilines is 1. The Morgan fingerprint density at radius 3 is 2.72 bits per heavy atom. The third-order valence-electron chi connectivity index (χ3n) is 3.45. The molecule has 0 unspecified atom stereocenters. The molecule has 0 bridgehead atoms. The molecule has 2 heterocycles. The van der Waals surface area contributed by atoms with Crippen LogP contribution in [0.15, 0.2) is 58.0 Å². The molecule has 3 rings (SSSR count). The van der Waals surface area contributed by atoms with E-state index in [1.165, 1.54) is 23.0 Å². The summed E-state index contributed by atoms with van der Waals surface area (Å²) < 4.78 is 0. The van der Waals surface area contributed by atoms with E-state index in [0.717, 1.165) is 16.9 Å². The lowest BCUT2D eigenvalue weighted by atomic mass is 10.2. The van der Waals surface area contributed by atoms with Crippen LogP contribution in [0.3, 0.4) is 0 Å². The quantitative estimate of drug-likeness (QED) is 0.372. The molecule has 0 spiro atoms. The fourth-order valence-corrected chi connectivity index (χ4v) is 3.78. The molecule has 1 N–H and O–H groups in total. The molecule has 6 nitrogen and oxygen atoms in total. The van der Waals surface area contributed by atoms with Gasteiger partial charge in [0.05, 0.1) is 4.92 Å². The fourth-order valence-electron chi connectivity index (χ4n) is 2.21. The van der Waals surface area contributed by atoms with Crippen LogP contribution in [-0.4, -0.2) is 21.4 Å². The van der Waals surface area contributed by atoms with Gasteiger partial charge in [0, 0.05) is 16.3 Å². The van der Waals surface area contributed by atoms with Gasteiger partial charge in [0.25, 0.3) is 0 Å². The molecule has 0 aliphatic rings. The third-order valence-corrected chi connectivity index (χ3v) is 5.39. The van der Waals surface area contributed by atoms with Crippen LogP contribution in [0.2, 0.25) is 0 Å². The Balaban J connectivity index is 1.78. The van der Waals surface area contributed by atoms with Crippen LogP contribution in [0.25, 0.3) is 0 Å². The molecule has 8 heteroatoms. The summed E-state index contributed by atoms with van der Waals surface area (Å²) in [6.07, 6.45) is 2.15. The summed E-state index contributed by atoms with van der Waals surface area (Å²) >= 11 is 2.93. The minimum Gasteiger partial charge on any atom is -0.364 e. The predicted octanol–water partition coefficient (Wildman–Crippen LogP) is 4.56. The van der Waals surface area contributed by atoms with Crippen molar-refractivity contribution < 1.29 is 4.92 Å². The number of benzene rings is 1. The second-order valence-electron chi connectivity index (χ2n) is 5.30. The van der Waals surface area contributed by atoms with Crippen molar-refractivity contribution in [1.29, 1.82) is 0 Å². The van der Waals surface area contributed by atoms with Crippen LogP contribution in [0.5, 0.6) is 0 Å². The van der Waals surface area contributed by atoms with Gasteiger partial charge in [-0.3, -0.25) is 10.1 Å². The molecule has 0 fully saturated rings. The van der Waals surface area contributed by atoms with Crippen molar-refractivity contribution in [3.8, 4) is 0 Å². The van der Waals surface area contributed by atoms with Crippen molar-refractivity contribution in [2.75, 3.05) is 11.9 Å². The molecule has 0 saturated carbocycles. The van der Waals surface area contributed by atoms with Gasteiger partial charge in [-0.1, -0.05) is 35.5 Å². The fraction of sp³-hybridized carbons (Fsp3) is 0.176. The van der Waals surface area contributed by atoms with Gasteiger partial charge in [-0.15, -0.1) is 11.3 Å². The number of nitro groups is 1. The summed E-state index contributed by atoms with van der Waals surface area (Å²) in [4.78, 5) is 21.4. The van der Waals surface area contributed by atoms with Gasteiger partial charge in [0.1, 0.15) is 6.33 Å². The SMILES string of the molecule is Cc1ccc(Sc2ncnc(NCCc3cccs3)c2[N+](=O)[O-])cc1. The highest BCUT2D eigenvalue weighted by Gasteiger charge is 2.23. The molecule has 3 aromatic rings. The Bertz CT molecular complexity index is 852. The third kappa shape index (κ3) is 4.55. The van der Waals surface area contributed by atoms with Gasteiger partial charge in [0.2, 0.25) is 5.82 Å². The Morgan fingerprint density at radius 2 is 2.04 bits per heavy atom. The average Bonchev–Trinajstić information content (AvgIpc) is 3.10. The number of aromatic nitrogens is 2. The van der Waals surface area contributed by atoms with Gasteiger partial charge in [-0.05, 0) is 36.9 Å². The summed E-state index contributed by atoms with van der Waals surface area (Å²) in [5, 5.41) is 17.0. The van der Waals surface area contributed by atoms with E-state index < -0.39 is 4.92 Å². The molecule has 25 heavy (non-hydrogen) atoms. The lowest BCUT2D eigenvalue weighted by Crippen LogP contribution is -2.09. The molecule has 0 atom stereocenters. The first-order chi connectivity index (χ1) is 12.1. The molecule has 0 aliphatic heterocycles. The number of aryl methyl sites for hydroxylation is 1. The monoisotopic (exact) mass is 372 g/mol. The van der Waals surface area contributed by atoms with Crippen molar-refractivity contribution in [2.45, 2.75) is 23.3 Å². The van der Waals surface area contributed by atoms with E-state index >= 15 is 0 Å². The maximum Gasteiger partial charge on any atom is 0.343 e. The van der Waals surface area contributed by atoms with Crippen LogP contribution in [0, 0.1) is 17.0 Å². The highest BCUT2D eigenvalue weighted by atomic mass is 32.2.